The minimum absolute atomic E-state index is 0.0214. The van der Waals surface area contributed by atoms with Crippen LogP contribution in [0.25, 0.3) is 0 Å². The van der Waals surface area contributed by atoms with Crippen LogP contribution >= 0.6 is 11.6 Å². The lowest BCUT2D eigenvalue weighted by atomic mass is 9.70. The van der Waals surface area contributed by atoms with Crippen molar-refractivity contribution in [1.82, 2.24) is 10.3 Å². The summed E-state index contributed by atoms with van der Waals surface area (Å²) in [6.07, 6.45) is 4.28. The number of carbonyl (C=O) groups is 1. The van der Waals surface area contributed by atoms with Crippen LogP contribution in [-0.2, 0) is 9.53 Å². The fourth-order valence-electron chi connectivity index (χ4n) is 3.96. The monoisotopic (exact) mass is 388 g/mol. The van der Waals surface area contributed by atoms with Crippen LogP contribution in [0.5, 0.6) is 0 Å². The third kappa shape index (κ3) is 3.69. The van der Waals surface area contributed by atoms with Gasteiger partial charge in [0.2, 0.25) is 0 Å². The molecule has 1 N–H and O–H groups in total. The van der Waals surface area contributed by atoms with Gasteiger partial charge in [0.25, 0.3) is 0 Å². The van der Waals surface area contributed by atoms with Gasteiger partial charge in [-0.3, -0.25) is 4.98 Å². The van der Waals surface area contributed by atoms with E-state index in [0.29, 0.717) is 10.6 Å². The lowest BCUT2D eigenvalue weighted by molar-refractivity contribution is -0.136. The van der Waals surface area contributed by atoms with E-state index in [9.17, 15) is 9.18 Å². The second kappa shape index (κ2) is 8.09. The second-order valence-electron chi connectivity index (χ2n) is 6.65. The summed E-state index contributed by atoms with van der Waals surface area (Å²) in [4.78, 5) is 16.7. The summed E-state index contributed by atoms with van der Waals surface area (Å²) in [5.41, 5.74) is 3.07. The van der Waals surface area contributed by atoms with E-state index in [2.05, 4.69) is 17.2 Å². The molecule has 0 saturated heterocycles. The van der Waals surface area contributed by atoms with Crippen LogP contribution in [0.4, 0.5) is 4.39 Å². The van der Waals surface area contributed by atoms with Gasteiger partial charge < -0.3 is 10.1 Å². The van der Waals surface area contributed by atoms with Crippen molar-refractivity contribution in [2.45, 2.75) is 32.2 Å². The number of esters is 1. The Morgan fingerprint density at radius 2 is 2.00 bits per heavy atom. The standard InChI is InChI=1S/C21H22ClFN2O2/c1-4-15-19(16-6-5-14(23)11-17(16)22)18(21(26)27-3)12(2)25-20(15)13-7-9-24-10-8-13/h5-11,15,19-20,25H,4H2,1-3H3. The molecule has 0 radical (unpaired) electrons. The van der Waals surface area contributed by atoms with Gasteiger partial charge in [0, 0.05) is 29.0 Å². The Balaban J connectivity index is 2.19. The summed E-state index contributed by atoms with van der Waals surface area (Å²) in [5.74, 6) is -1.10. The normalized spacial score (nSPS) is 22.3. The molecule has 0 spiro atoms. The van der Waals surface area contributed by atoms with Crippen molar-refractivity contribution in [1.29, 1.82) is 0 Å². The number of halogens is 2. The first-order valence-corrected chi connectivity index (χ1v) is 9.26. The number of allylic oxidation sites excluding steroid dienone is 1. The van der Waals surface area contributed by atoms with E-state index in [1.165, 1.54) is 19.2 Å². The van der Waals surface area contributed by atoms with Crippen molar-refractivity contribution >= 4 is 17.6 Å². The number of aromatic nitrogens is 1. The molecule has 3 atom stereocenters. The molecule has 2 aromatic rings. The highest BCUT2D eigenvalue weighted by Gasteiger charge is 2.41. The molecule has 2 heterocycles. The van der Waals surface area contributed by atoms with Crippen molar-refractivity contribution in [3.05, 3.63) is 76.0 Å². The number of nitrogens with zero attached hydrogens (tertiary/aromatic N) is 1. The molecule has 1 aromatic heterocycles. The average molecular weight is 389 g/mol. The molecule has 0 saturated carbocycles. The zero-order valence-corrected chi connectivity index (χ0v) is 16.3. The lowest BCUT2D eigenvalue weighted by Gasteiger charge is -2.41. The first-order valence-electron chi connectivity index (χ1n) is 8.88. The van der Waals surface area contributed by atoms with Crippen LogP contribution < -0.4 is 5.32 Å². The van der Waals surface area contributed by atoms with Crippen molar-refractivity contribution in [3.63, 3.8) is 0 Å². The third-order valence-electron chi connectivity index (χ3n) is 5.18. The predicted octanol–water partition coefficient (Wildman–Crippen LogP) is 4.78. The number of carbonyl (C=O) groups excluding carboxylic acids is 1. The number of ether oxygens (including phenoxy) is 1. The maximum atomic E-state index is 13.6. The summed E-state index contributed by atoms with van der Waals surface area (Å²) in [6.45, 7) is 3.93. The van der Waals surface area contributed by atoms with Crippen molar-refractivity contribution in [2.75, 3.05) is 7.11 Å². The van der Waals surface area contributed by atoms with Gasteiger partial charge >= 0.3 is 5.97 Å². The van der Waals surface area contributed by atoms with E-state index in [1.54, 1.807) is 18.5 Å². The van der Waals surface area contributed by atoms with E-state index in [0.717, 1.165) is 23.2 Å². The number of hydrogen-bond acceptors (Lipinski definition) is 4. The molecular formula is C21H22ClFN2O2. The molecule has 3 rings (SSSR count). The molecule has 3 unspecified atom stereocenters. The van der Waals surface area contributed by atoms with Gasteiger partial charge in [-0.1, -0.05) is 31.0 Å². The highest BCUT2D eigenvalue weighted by atomic mass is 35.5. The van der Waals surface area contributed by atoms with E-state index in [-0.39, 0.29) is 17.9 Å². The minimum Gasteiger partial charge on any atom is -0.466 e. The van der Waals surface area contributed by atoms with Crippen LogP contribution in [0.3, 0.4) is 0 Å². The number of pyridine rings is 1. The Morgan fingerprint density at radius 3 is 2.59 bits per heavy atom. The van der Waals surface area contributed by atoms with Crippen LogP contribution in [0.1, 0.15) is 43.4 Å². The van der Waals surface area contributed by atoms with Crippen LogP contribution in [0.2, 0.25) is 5.02 Å². The lowest BCUT2D eigenvalue weighted by Crippen LogP contribution is -2.39. The summed E-state index contributed by atoms with van der Waals surface area (Å²) < 4.78 is 18.7. The van der Waals surface area contributed by atoms with Gasteiger partial charge in [0.1, 0.15) is 5.82 Å². The zero-order valence-electron chi connectivity index (χ0n) is 15.5. The predicted molar refractivity (Wildman–Crippen MR) is 103 cm³/mol. The number of rotatable bonds is 4. The first kappa shape index (κ1) is 19.4. The van der Waals surface area contributed by atoms with Crippen LogP contribution in [-0.4, -0.2) is 18.1 Å². The van der Waals surface area contributed by atoms with Gasteiger partial charge in [0.05, 0.1) is 18.7 Å². The quantitative estimate of drug-likeness (QED) is 0.766. The largest absolute Gasteiger partial charge is 0.466 e. The van der Waals surface area contributed by atoms with Gasteiger partial charge in [-0.25, -0.2) is 9.18 Å². The van der Waals surface area contributed by atoms with E-state index >= 15 is 0 Å². The van der Waals surface area contributed by atoms with E-state index in [1.807, 2.05) is 19.1 Å². The molecule has 6 heteroatoms. The molecule has 1 aliphatic heterocycles. The van der Waals surface area contributed by atoms with Crippen LogP contribution in [0.15, 0.2) is 54.0 Å². The molecule has 1 aromatic carbocycles. The maximum absolute atomic E-state index is 13.6. The summed E-state index contributed by atoms with van der Waals surface area (Å²) >= 11 is 6.39. The molecule has 0 aliphatic carbocycles. The van der Waals surface area contributed by atoms with Crippen molar-refractivity contribution in [2.24, 2.45) is 5.92 Å². The van der Waals surface area contributed by atoms with Crippen molar-refractivity contribution < 1.29 is 13.9 Å². The number of nitrogens with one attached hydrogen (secondary N) is 1. The Morgan fingerprint density at radius 1 is 1.30 bits per heavy atom. The fraction of sp³-hybridized carbons (Fsp3) is 0.333. The summed E-state index contributed by atoms with van der Waals surface area (Å²) in [7, 11) is 1.36. The minimum atomic E-state index is -0.406. The molecule has 0 fully saturated rings. The topological polar surface area (TPSA) is 51.2 Å². The van der Waals surface area contributed by atoms with Crippen LogP contribution in [0, 0.1) is 11.7 Å². The fourth-order valence-corrected chi connectivity index (χ4v) is 4.25. The molecule has 0 bridgehead atoms. The van der Waals surface area contributed by atoms with E-state index < -0.39 is 11.8 Å². The van der Waals surface area contributed by atoms with Crippen molar-refractivity contribution in [3.8, 4) is 0 Å². The Bertz CT molecular complexity index is 870. The summed E-state index contributed by atoms with van der Waals surface area (Å²) in [6, 6.07) is 8.22. The molecule has 0 amide bonds. The SMILES string of the molecule is CCC1C(c2ccncc2)NC(C)=C(C(=O)OC)C1c1ccc(F)cc1Cl. The highest BCUT2D eigenvalue weighted by Crippen LogP contribution is 2.47. The Kier molecular flexibility index (Phi) is 5.80. The van der Waals surface area contributed by atoms with Gasteiger partial charge in [-0.05, 0) is 48.2 Å². The Labute approximate surface area is 163 Å². The van der Waals surface area contributed by atoms with Gasteiger partial charge in [0.15, 0.2) is 0 Å². The zero-order chi connectivity index (χ0) is 19.6. The molecule has 4 nitrogen and oxygen atoms in total. The average Bonchev–Trinajstić information content (AvgIpc) is 2.67. The number of methoxy groups -OCH3 is 1. The van der Waals surface area contributed by atoms with Gasteiger partial charge in [-0.2, -0.15) is 0 Å². The van der Waals surface area contributed by atoms with E-state index in [4.69, 9.17) is 16.3 Å². The third-order valence-corrected chi connectivity index (χ3v) is 5.51. The molecular weight excluding hydrogens is 367 g/mol. The molecule has 1 aliphatic rings. The number of hydrogen-bond donors (Lipinski definition) is 1. The second-order valence-corrected chi connectivity index (χ2v) is 7.06. The molecule has 142 valence electrons. The smallest absolute Gasteiger partial charge is 0.336 e. The Hall–Kier alpha value is -2.40. The summed E-state index contributed by atoms with van der Waals surface area (Å²) in [5, 5.41) is 3.77. The number of benzene rings is 1. The highest BCUT2D eigenvalue weighted by molar-refractivity contribution is 6.31. The van der Waals surface area contributed by atoms with Gasteiger partial charge in [-0.15, -0.1) is 0 Å². The maximum Gasteiger partial charge on any atom is 0.336 e. The molecule has 27 heavy (non-hydrogen) atoms. The first-order chi connectivity index (χ1) is 13.0.